The van der Waals surface area contributed by atoms with Gasteiger partial charge in [-0.05, 0) is 23.3 Å². The number of fused-ring (bicyclic) bond motifs is 1. The maximum Gasteiger partial charge on any atom is 0.307 e. The fourth-order valence-electron chi connectivity index (χ4n) is 2.29. The molecule has 0 aliphatic carbocycles. The molecule has 0 radical (unpaired) electrons. The summed E-state index contributed by atoms with van der Waals surface area (Å²) in [6.07, 6.45) is 0.152. The van der Waals surface area contributed by atoms with Gasteiger partial charge in [0.15, 0.2) is 11.6 Å². The van der Waals surface area contributed by atoms with Crippen LogP contribution in [-0.2, 0) is 17.6 Å². The van der Waals surface area contributed by atoms with Gasteiger partial charge in [-0.2, -0.15) is 0 Å². The van der Waals surface area contributed by atoms with E-state index in [-0.39, 0.29) is 11.9 Å². The molecule has 0 fully saturated rings. The molecule has 23 heavy (non-hydrogen) atoms. The van der Waals surface area contributed by atoms with E-state index < -0.39 is 17.6 Å². The largest absolute Gasteiger partial charge is 0.481 e. The zero-order valence-electron chi connectivity index (χ0n) is 11.6. The van der Waals surface area contributed by atoms with Crippen molar-refractivity contribution in [3.8, 4) is 0 Å². The Morgan fingerprint density at radius 3 is 2.70 bits per heavy atom. The van der Waals surface area contributed by atoms with Crippen LogP contribution in [0.1, 0.15) is 16.1 Å². The number of aliphatic carboxylic acids is 1. The van der Waals surface area contributed by atoms with E-state index in [1.165, 1.54) is 17.4 Å². The highest BCUT2D eigenvalue weighted by molar-refractivity contribution is 7.18. The molecule has 0 amide bonds. The number of benzene rings is 2. The van der Waals surface area contributed by atoms with E-state index in [4.69, 9.17) is 16.7 Å². The van der Waals surface area contributed by atoms with Gasteiger partial charge < -0.3 is 5.11 Å². The molecule has 3 rings (SSSR count). The van der Waals surface area contributed by atoms with Crippen LogP contribution in [0.25, 0.3) is 10.2 Å². The molecule has 0 spiro atoms. The molecule has 2 aromatic carbocycles. The number of carbonyl (C=O) groups is 1. The predicted molar refractivity (Wildman–Crippen MR) is 85.1 cm³/mol. The molecule has 0 atom stereocenters. The van der Waals surface area contributed by atoms with Crippen molar-refractivity contribution < 1.29 is 18.7 Å². The molecule has 3 aromatic rings. The second-order valence-electron chi connectivity index (χ2n) is 4.95. The summed E-state index contributed by atoms with van der Waals surface area (Å²) in [6.45, 7) is 0. The fraction of sp³-hybridized carbons (Fsp3) is 0.125. The van der Waals surface area contributed by atoms with Crippen molar-refractivity contribution in [2.75, 3.05) is 0 Å². The molecule has 3 nitrogen and oxygen atoms in total. The number of hydrogen-bond donors (Lipinski definition) is 1. The Bertz CT molecular complexity index is 910. The third-order valence-electron chi connectivity index (χ3n) is 3.34. The molecule has 0 bridgehead atoms. The summed E-state index contributed by atoms with van der Waals surface area (Å²) >= 11 is 7.49. The van der Waals surface area contributed by atoms with Crippen LogP contribution >= 0.6 is 22.9 Å². The third-order valence-corrected chi connectivity index (χ3v) is 4.84. The van der Waals surface area contributed by atoms with Crippen molar-refractivity contribution in [3.05, 3.63) is 63.1 Å². The molecule has 1 heterocycles. The monoisotopic (exact) mass is 353 g/mol. The van der Waals surface area contributed by atoms with Gasteiger partial charge in [0.25, 0.3) is 0 Å². The molecular formula is C16H10ClF2NO2S. The summed E-state index contributed by atoms with van der Waals surface area (Å²) in [7, 11) is 0. The number of hydrogen-bond acceptors (Lipinski definition) is 3. The summed E-state index contributed by atoms with van der Waals surface area (Å²) in [5, 5.41) is 9.82. The van der Waals surface area contributed by atoms with Crippen molar-refractivity contribution in [3.63, 3.8) is 0 Å². The van der Waals surface area contributed by atoms with E-state index in [1.54, 1.807) is 18.2 Å². The van der Waals surface area contributed by atoms with E-state index >= 15 is 0 Å². The normalized spacial score (nSPS) is 11.1. The van der Waals surface area contributed by atoms with E-state index in [2.05, 4.69) is 4.98 Å². The van der Waals surface area contributed by atoms with Crippen LogP contribution in [0, 0.1) is 11.6 Å². The number of carboxylic acid groups (broad SMARTS) is 1. The van der Waals surface area contributed by atoms with Gasteiger partial charge in [-0.25, -0.2) is 13.8 Å². The minimum absolute atomic E-state index is 0.00260. The van der Waals surface area contributed by atoms with Gasteiger partial charge in [-0.3, -0.25) is 4.79 Å². The first kappa shape index (κ1) is 15.8. The van der Waals surface area contributed by atoms with Gasteiger partial charge in [0.2, 0.25) is 0 Å². The standard InChI is InChI=1S/C16H10ClF2NO2S/c17-14-8(2-1-3-9(14)7-13(21)22)6-12-20-16-11(23-12)5-4-10(18)15(16)19/h1-5H,6-7H2,(H,21,22). The van der Waals surface area contributed by atoms with E-state index in [0.29, 0.717) is 32.3 Å². The highest BCUT2D eigenvalue weighted by atomic mass is 35.5. The van der Waals surface area contributed by atoms with Crippen LogP contribution < -0.4 is 0 Å². The van der Waals surface area contributed by atoms with E-state index in [1.807, 2.05) is 0 Å². The van der Waals surface area contributed by atoms with Gasteiger partial charge in [0.1, 0.15) is 5.52 Å². The topological polar surface area (TPSA) is 50.2 Å². The van der Waals surface area contributed by atoms with Crippen LogP contribution in [0.5, 0.6) is 0 Å². The minimum Gasteiger partial charge on any atom is -0.481 e. The lowest BCUT2D eigenvalue weighted by molar-refractivity contribution is -0.136. The quantitative estimate of drug-likeness (QED) is 0.754. The summed E-state index contributed by atoms with van der Waals surface area (Å²) in [4.78, 5) is 15.0. The molecule has 0 saturated heterocycles. The average Bonchev–Trinajstić information content (AvgIpc) is 2.90. The first-order valence-corrected chi connectivity index (χ1v) is 7.86. The number of aromatic nitrogens is 1. The highest BCUT2D eigenvalue weighted by Crippen LogP contribution is 2.30. The Morgan fingerprint density at radius 1 is 1.22 bits per heavy atom. The van der Waals surface area contributed by atoms with Crippen LogP contribution in [0.15, 0.2) is 30.3 Å². The molecule has 0 unspecified atom stereocenters. The van der Waals surface area contributed by atoms with Gasteiger partial charge in [-0.1, -0.05) is 29.8 Å². The Hall–Kier alpha value is -2.05. The van der Waals surface area contributed by atoms with Gasteiger partial charge in [0, 0.05) is 11.4 Å². The number of carboxylic acids is 1. The molecular weight excluding hydrogens is 344 g/mol. The molecule has 1 N–H and O–H groups in total. The van der Waals surface area contributed by atoms with Crippen LogP contribution in [0.4, 0.5) is 8.78 Å². The van der Waals surface area contributed by atoms with Crippen LogP contribution in [0.2, 0.25) is 5.02 Å². The molecule has 118 valence electrons. The van der Waals surface area contributed by atoms with Crippen molar-refractivity contribution in [2.24, 2.45) is 0 Å². The number of nitrogens with zero attached hydrogens (tertiary/aromatic N) is 1. The Kier molecular flexibility index (Phi) is 4.28. The number of thiazole rings is 1. The maximum absolute atomic E-state index is 13.7. The van der Waals surface area contributed by atoms with Crippen molar-refractivity contribution >= 4 is 39.1 Å². The number of halogens is 3. The first-order valence-electron chi connectivity index (χ1n) is 6.67. The van der Waals surface area contributed by atoms with Gasteiger partial charge in [0.05, 0.1) is 16.1 Å². The summed E-state index contributed by atoms with van der Waals surface area (Å²) < 4.78 is 27.5. The van der Waals surface area contributed by atoms with E-state index in [0.717, 1.165) is 6.07 Å². The first-order chi connectivity index (χ1) is 11.0. The summed E-state index contributed by atoms with van der Waals surface area (Å²) in [5.74, 6) is -2.87. The minimum atomic E-state index is -0.971. The van der Waals surface area contributed by atoms with Gasteiger partial charge >= 0.3 is 5.97 Å². The number of rotatable bonds is 4. The maximum atomic E-state index is 13.7. The summed E-state index contributed by atoms with van der Waals surface area (Å²) in [5.41, 5.74) is 1.21. The molecule has 0 aliphatic rings. The van der Waals surface area contributed by atoms with Crippen molar-refractivity contribution in [2.45, 2.75) is 12.8 Å². The Balaban J connectivity index is 1.96. The molecule has 0 aliphatic heterocycles. The average molecular weight is 354 g/mol. The van der Waals surface area contributed by atoms with Crippen molar-refractivity contribution in [1.82, 2.24) is 4.98 Å². The third kappa shape index (κ3) is 3.18. The molecule has 1 aromatic heterocycles. The lowest BCUT2D eigenvalue weighted by Gasteiger charge is -2.06. The zero-order valence-corrected chi connectivity index (χ0v) is 13.2. The lowest BCUT2D eigenvalue weighted by atomic mass is 10.1. The van der Waals surface area contributed by atoms with Crippen LogP contribution in [0.3, 0.4) is 0 Å². The van der Waals surface area contributed by atoms with Crippen LogP contribution in [-0.4, -0.2) is 16.1 Å². The zero-order chi connectivity index (χ0) is 16.6. The highest BCUT2D eigenvalue weighted by Gasteiger charge is 2.15. The smallest absolute Gasteiger partial charge is 0.307 e. The summed E-state index contributed by atoms with van der Waals surface area (Å²) in [6, 6.07) is 7.68. The van der Waals surface area contributed by atoms with Crippen molar-refractivity contribution in [1.29, 1.82) is 0 Å². The lowest BCUT2D eigenvalue weighted by Crippen LogP contribution is -2.02. The molecule has 7 heteroatoms. The predicted octanol–water partition coefficient (Wildman–Crippen LogP) is 4.45. The Morgan fingerprint density at radius 2 is 1.96 bits per heavy atom. The SMILES string of the molecule is O=C(O)Cc1cccc(Cc2nc3c(F)c(F)ccc3s2)c1Cl. The second-order valence-corrected chi connectivity index (χ2v) is 6.45. The molecule has 0 saturated carbocycles. The van der Waals surface area contributed by atoms with Gasteiger partial charge in [-0.15, -0.1) is 11.3 Å². The van der Waals surface area contributed by atoms with E-state index in [9.17, 15) is 13.6 Å². The second kappa shape index (κ2) is 6.22. The fourth-order valence-corrected chi connectivity index (χ4v) is 3.54. The Labute approximate surface area is 139 Å².